The van der Waals surface area contributed by atoms with Gasteiger partial charge in [-0.05, 0) is 37.6 Å². The van der Waals surface area contributed by atoms with E-state index in [4.69, 9.17) is 0 Å². The third kappa shape index (κ3) is 2.42. The first kappa shape index (κ1) is 13.4. The molecular formula is C18H18N2O. The zero-order valence-corrected chi connectivity index (χ0v) is 12.3. The lowest BCUT2D eigenvalue weighted by Gasteiger charge is -2.19. The quantitative estimate of drug-likeness (QED) is 0.866. The maximum atomic E-state index is 12.3. The average molecular weight is 278 g/mol. The van der Waals surface area contributed by atoms with E-state index in [9.17, 15) is 4.79 Å². The van der Waals surface area contributed by atoms with Crippen molar-refractivity contribution in [3.8, 4) is 0 Å². The molecule has 106 valence electrons. The summed E-state index contributed by atoms with van der Waals surface area (Å²) in [5, 5.41) is 2.94. The van der Waals surface area contributed by atoms with E-state index in [-0.39, 0.29) is 5.91 Å². The Morgan fingerprint density at radius 2 is 1.86 bits per heavy atom. The Morgan fingerprint density at radius 3 is 2.57 bits per heavy atom. The lowest BCUT2D eigenvalue weighted by atomic mass is 10.0. The van der Waals surface area contributed by atoms with Gasteiger partial charge < -0.3 is 10.2 Å². The number of hydrogen-bond donors (Lipinski definition) is 1. The van der Waals surface area contributed by atoms with Gasteiger partial charge in [0, 0.05) is 29.7 Å². The number of nitrogens with one attached hydrogen (secondary N) is 1. The van der Waals surface area contributed by atoms with E-state index < -0.39 is 0 Å². The number of benzene rings is 2. The molecular weight excluding hydrogens is 260 g/mol. The molecule has 0 bridgehead atoms. The molecule has 3 nitrogen and oxygen atoms in total. The highest BCUT2D eigenvalue weighted by Gasteiger charge is 2.26. The van der Waals surface area contributed by atoms with E-state index in [1.807, 2.05) is 61.7 Å². The first-order valence-corrected chi connectivity index (χ1v) is 7.15. The number of aryl methyl sites for hydroxylation is 1. The summed E-state index contributed by atoms with van der Waals surface area (Å²) in [6, 6.07) is 16.0. The van der Waals surface area contributed by atoms with Gasteiger partial charge in [0.1, 0.15) is 0 Å². The van der Waals surface area contributed by atoms with Crippen molar-refractivity contribution in [1.82, 2.24) is 0 Å². The van der Waals surface area contributed by atoms with Crippen molar-refractivity contribution in [2.45, 2.75) is 13.8 Å². The highest BCUT2D eigenvalue weighted by atomic mass is 16.2. The van der Waals surface area contributed by atoms with Crippen LogP contribution in [0.3, 0.4) is 0 Å². The van der Waals surface area contributed by atoms with Crippen LogP contribution in [0.2, 0.25) is 0 Å². The van der Waals surface area contributed by atoms with Gasteiger partial charge in [0.15, 0.2) is 0 Å². The van der Waals surface area contributed by atoms with Gasteiger partial charge in [0.05, 0.1) is 5.57 Å². The largest absolute Gasteiger partial charge is 0.347 e. The van der Waals surface area contributed by atoms with Crippen molar-refractivity contribution >= 4 is 22.9 Å². The number of fused-ring (bicyclic) bond motifs is 1. The first-order chi connectivity index (χ1) is 10.2. The minimum absolute atomic E-state index is 0.0336. The summed E-state index contributed by atoms with van der Waals surface area (Å²) < 4.78 is 0. The van der Waals surface area contributed by atoms with Crippen LogP contribution in [0.15, 0.2) is 54.7 Å². The van der Waals surface area contributed by atoms with Crippen LogP contribution in [0.5, 0.6) is 0 Å². The number of carbonyl (C=O) groups is 1. The Balaban J connectivity index is 2.06. The molecule has 0 saturated carbocycles. The molecule has 1 heterocycles. The summed E-state index contributed by atoms with van der Waals surface area (Å²) >= 11 is 0. The Bertz CT molecular complexity index is 704. The number of nitrogens with zero attached hydrogens (tertiary/aromatic N) is 1. The third-order valence-electron chi connectivity index (χ3n) is 3.75. The van der Waals surface area contributed by atoms with Crippen molar-refractivity contribution in [1.29, 1.82) is 0 Å². The van der Waals surface area contributed by atoms with Crippen LogP contribution in [-0.2, 0) is 4.79 Å². The van der Waals surface area contributed by atoms with E-state index in [0.717, 1.165) is 34.6 Å². The minimum atomic E-state index is -0.0336. The van der Waals surface area contributed by atoms with Crippen molar-refractivity contribution in [3.63, 3.8) is 0 Å². The predicted molar refractivity (Wildman–Crippen MR) is 87.2 cm³/mol. The Labute approximate surface area is 124 Å². The lowest BCUT2D eigenvalue weighted by Crippen LogP contribution is -2.17. The van der Waals surface area contributed by atoms with E-state index in [0.29, 0.717) is 0 Å². The molecule has 0 unspecified atom stereocenters. The molecule has 0 aromatic heterocycles. The number of anilines is 2. The summed E-state index contributed by atoms with van der Waals surface area (Å²) in [5.41, 5.74) is 4.84. The monoisotopic (exact) mass is 278 g/mol. The molecule has 1 aliphatic rings. The predicted octanol–water partition coefficient (Wildman–Crippen LogP) is 3.81. The van der Waals surface area contributed by atoms with Crippen LogP contribution in [0.25, 0.3) is 5.57 Å². The first-order valence-electron chi connectivity index (χ1n) is 7.15. The van der Waals surface area contributed by atoms with Gasteiger partial charge in [0.2, 0.25) is 0 Å². The lowest BCUT2D eigenvalue weighted by molar-refractivity contribution is -0.110. The van der Waals surface area contributed by atoms with Gasteiger partial charge in [-0.1, -0.05) is 30.3 Å². The number of rotatable bonds is 3. The molecule has 2 aromatic carbocycles. The molecule has 0 spiro atoms. The molecule has 0 radical (unpaired) electrons. The van der Waals surface area contributed by atoms with Crippen molar-refractivity contribution in [2.24, 2.45) is 0 Å². The Hall–Kier alpha value is -2.55. The Morgan fingerprint density at radius 1 is 1.10 bits per heavy atom. The van der Waals surface area contributed by atoms with Crippen LogP contribution < -0.4 is 10.2 Å². The van der Waals surface area contributed by atoms with Crippen molar-refractivity contribution < 1.29 is 4.79 Å². The highest BCUT2D eigenvalue weighted by molar-refractivity contribution is 6.32. The van der Waals surface area contributed by atoms with Crippen molar-refractivity contribution in [3.05, 3.63) is 65.9 Å². The number of para-hydroxylation sites is 1. The normalized spacial score (nSPS) is 15.0. The molecule has 1 amide bonds. The topological polar surface area (TPSA) is 32.3 Å². The maximum Gasteiger partial charge on any atom is 0.257 e. The molecule has 0 atom stereocenters. The zero-order valence-electron chi connectivity index (χ0n) is 12.3. The fourth-order valence-electron chi connectivity index (χ4n) is 2.68. The average Bonchev–Trinajstić information content (AvgIpc) is 2.82. The van der Waals surface area contributed by atoms with Crippen LogP contribution >= 0.6 is 0 Å². The van der Waals surface area contributed by atoms with Crippen LogP contribution in [0.1, 0.15) is 18.1 Å². The smallest absolute Gasteiger partial charge is 0.257 e. The van der Waals surface area contributed by atoms with Crippen LogP contribution in [-0.4, -0.2) is 12.5 Å². The Kier molecular flexibility index (Phi) is 3.48. The third-order valence-corrected chi connectivity index (χ3v) is 3.75. The molecule has 21 heavy (non-hydrogen) atoms. The summed E-state index contributed by atoms with van der Waals surface area (Å²) in [7, 11) is 0. The van der Waals surface area contributed by atoms with E-state index in [2.05, 4.69) is 17.1 Å². The van der Waals surface area contributed by atoms with Gasteiger partial charge in [0.25, 0.3) is 5.91 Å². The molecule has 0 aliphatic carbocycles. The number of amides is 1. The number of hydrogen-bond acceptors (Lipinski definition) is 2. The summed E-state index contributed by atoms with van der Waals surface area (Å²) in [6.07, 6.45) is 1.95. The SMILES string of the molecule is CCN(C=C1C(=O)Nc2cccc(C)c21)c1ccccc1. The van der Waals surface area contributed by atoms with E-state index in [1.165, 1.54) is 0 Å². The van der Waals surface area contributed by atoms with Crippen LogP contribution in [0.4, 0.5) is 11.4 Å². The van der Waals surface area contributed by atoms with E-state index >= 15 is 0 Å². The zero-order chi connectivity index (χ0) is 14.8. The van der Waals surface area contributed by atoms with E-state index in [1.54, 1.807) is 0 Å². The van der Waals surface area contributed by atoms with Crippen LogP contribution in [0, 0.1) is 6.92 Å². The summed E-state index contributed by atoms with van der Waals surface area (Å²) in [4.78, 5) is 14.4. The summed E-state index contributed by atoms with van der Waals surface area (Å²) in [6.45, 7) is 4.92. The molecule has 3 rings (SSSR count). The maximum absolute atomic E-state index is 12.3. The second-order valence-corrected chi connectivity index (χ2v) is 5.12. The molecule has 0 fully saturated rings. The standard InChI is InChI=1S/C18H18N2O/c1-3-20(14-9-5-4-6-10-14)12-15-17-13(2)8-7-11-16(17)19-18(15)21/h4-12H,3H2,1-2H3,(H,19,21). The van der Waals surface area contributed by atoms with Gasteiger partial charge in [-0.2, -0.15) is 0 Å². The molecule has 0 saturated heterocycles. The summed E-state index contributed by atoms with van der Waals surface area (Å²) in [5.74, 6) is -0.0336. The number of carbonyl (C=O) groups excluding carboxylic acids is 1. The van der Waals surface area contributed by atoms with Crippen molar-refractivity contribution in [2.75, 3.05) is 16.8 Å². The second-order valence-electron chi connectivity index (χ2n) is 5.12. The van der Waals surface area contributed by atoms with Gasteiger partial charge in [-0.25, -0.2) is 0 Å². The fraction of sp³-hybridized carbons (Fsp3) is 0.167. The second kappa shape index (κ2) is 5.44. The van der Waals surface area contributed by atoms with Gasteiger partial charge >= 0.3 is 0 Å². The highest BCUT2D eigenvalue weighted by Crippen LogP contribution is 2.34. The molecule has 2 aromatic rings. The molecule has 1 aliphatic heterocycles. The fourth-order valence-corrected chi connectivity index (χ4v) is 2.68. The van der Waals surface area contributed by atoms with Gasteiger partial charge in [-0.15, -0.1) is 0 Å². The molecule has 1 N–H and O–H groups in total. The molecule has 3 heteroatoms. The minimum Gasteiger partial charge on any atom is -0.347 e. The van der Waals surface area contributed by atoms with Gasteiger partial charge in [-0.3, -0.25) is 4.79 Å².